The predicted octanol–water partition coefficient (Wildman–Crippen LogP) is -0.793. The lowest BCUT2D eigenvalue weighted by Gasteiger charge is -2.40. The molecule has 1 heterocycles. The van der Waals surface area contributed by atoms with E-state index in [1.54, 1.807) is 0 Å². The van der Waals surface area contributed by atoms with Gasteiger partial charge in [0.05, 0.1) is 6.61 Å². The highest BCUT2D eigenvalue weighted by Gasteiger charge is 2.43. The van der Waals surface area contributed by atoms with Crippen LogP contribution in [0.4, 0.5) is 5.69 Å². The smallest absolute Gasteiger partial charge is 0.157 e. The summed E-state index contributed by atoms with van der Waals surface area (Å²) >= 11 is 0. The first-order valence-corrected chi connectivity index (χ1v) is 6.17. The van der Waals surface area contributed by atoms with Crippen molar-refractivity contribution in [1.29, 1.82) is 0 Å². The maximum atomic E-state index is 9.89. The maximum absolute atomic E-state index is 9.89. The third kappa shape index (κ3) is 2.88. The highest BCUT2D eigenvalue weighted by atomic mass is 16.6. The third-order valence-corrected chi connectivity index (χ3v) is 3.34. The standard InChI is InChI=1S/C13H19NO5/c1-7-4-2-3-5-8(7)14-13-12(18)11(17)10(16)9(6-15)19-13/h2-5,9-18H,6H2,1H3. The molecule has 1 fully saturated rings. The molecular formula is C13H19NO5. The van der Waals surface area contributed by atoms with Crippen molar-refractivity contribution in [2.75, 3.05) is 11.9 Å². The Morgan fingerprint density at radius 3 is 2.42 bits per heavy atom. The Balaban J connectivity index is 2.13. The van der Waals surface area contributed by atoms with Crippen LogP contribution in [0.3, 0.4) is 0 Å². The van der Waals surface area contributed by atoms with Crippen LogP contribution in [-0.4, -0.2) is 57.7 Å². The van der Waals surface area contributed by atoms with Crippen molar-refractivity contribution in [2.45, 2.75) is 37.6 Å². The van der Waals surface area contributed by atoms with Gasteiger partial charge < -0.3 is 30.5 Å². The number of aliphatic hydroxyl groups is 4. The molecule has 0 aromatic heterocycles. The topological polar surface area (TPSA) is 102 Å². The fourth-order valence-corrected chi connectivity index (χ4v) is 2.11. The van der Waals surface area contributed by atoms with Crippen LogP contribution in [-0.2, 0) is 4.74 Å². The van der Waals surface area contributed by atoms with Crippen molar-refractivity contribution in [3.63, 3.8) is 0 Å². The SMILES string of the molecule is Cc1ccccc1NC1OC(CO)C(O)C(O)C1O. The zero-order chi connectivity index (χ0) is 14.0. The quantitative estimate of drug-likeness (QED) is 0.493. The largest absolute Gasteiger partial charge is 0.394 e. The van der Waals surface area contributed by atoms with E-state index < -0.39 is 37.3 Å². The van der Waals surface area contributed by atoms with Crippen LogP contribution in [0, 0.1) is 6.92 Å². The molecule has 0 bridgehead atoms. The Bertz CT molecular complexity index is 425. The monoisotopic (exact) mass is 269 g/mol. The molecule has 19 heavy (non-hydrogen) atoms. The number of para-hydroxylation sites is 1. The second-order valence-electron chi connectivity index (χ2n) is 4.71. The number of nitrogens with one attached hydrogen (secondary N) is 1. The molecule has 106 valence electrons. The van der Waals surface area contributed by atoms with Crippen LogP contribution in [0.1, 0.15) is 5.56 Å². The minimum atomic E-state index is -1.37. The third-order valence-electron chi connectivity index (χ3n) is 3.34. The van der Waals surface area contributed by atoms with E-state index in [1.807, 2.05) is 31.2 Å². The van der Waals surface area contributed by atoms with E-state index in [0.717, 1.165) is 11.3 Å². The number of hydrogen-bond acceptors (Lipinski definition) is 6. The van der Waals surface area contributed by atoms with Crippen molar-refractivity contribution in [3.05, 3.63) is 29.8 Å². The first kappa shape index (κ1) is 14.2. The van der Waals surface area contributed by atoms with Crippen molar-refractivity contribution >= 4 is 5.69 Å². The van der Waals surface area contributed by atoms with Crippen LogP contribution < -0.4 is 5.32 Å². The molecule has 0 saturated carbocycles. The molecule has 6 heteroatoms. The number of rotatable bonds is 3. The first-order valence-electron chi connectivity index (χ1n) is 6.17. The van der Waals surface area contributed by atoms with Gasteiger partial charge in [0.2, 0.25) is 0 Å². The summed E-state index contributed by atoms with van der Waals surface area (Å²) in [6.07, 6.45) is -5.78. The molecule has 1 aromatic carbocycles. The average Bonchev–Trinajstić information content (AvgIpc) is 2.41. The summed E-state index contributed by atoms with van der Waals surface area (Å²) in [5.74, 6) is 0. The fraction of sp³-hybridized carbons (Fsp3) is 0.538. The Morgan fingerprint density at radius 2 is 1.79 bits per heavy atom. The molecule has 6 nitrogen and oxygen atoms in total. The Labute approximate surface area is 111 Å². The number of aryl methyl sites for hydroxylation is 1. The van der Waals surface area contributed by atoms with Gasteiger partial charge in [-0.25, -0.2) is 0 Å². The first-order chi connectivity index (χ1) is 9.04. The summed E-state index contributed by atoms with van der Waals surface area (Å²) in [7, 11) is 0. The second kappa shape index (κ2) is 5.85. The van der Waals surface area contributed by atoms with Crippen LogP contribution in [0.2, 0.25) is 0 Å². The molecule has 0 aliphatic carbocycles. The van der Waals surface area contributed by atoms with E-state index in [-0.39, 0.29) is 0 Å². The Hall–Kier alpha value is -1.18. The molecule has 1 aromatic rings. The molecule has 5 atom stereocenters. The van der Waals surface area contributed by atoms with Gasteiger partial charge in [-0.1, -0.05) is 18.2 Å². The molecule has 0 amide bonds. The van der Waals surface area contributed by atoms with Crippen LogP contribution in [0.5, 0.6) is 0 Å². The van der Waals surface area contributed by atoms with E-state index >= 15 is 0 Å². The van der Waals surface area contributed by atoms with Gasteiger partial charge >= 0.3 is 0 Å². The lowest BCUT2D eigenvalue weighted by Crippen LogP contribution is -2.60. The van der Waals surface area contributed by atoms with Gasteiger partial charge in [-0.3, -0.25) is 0 Å². The van der Waals surface area contributed by atoms with E-state index in [0.29, 0.717) is 0 Å². The van der Waals surface area contributed by atoms with Gasteiger partial charge in [-0.15, -0.1) is 0 Å². The van der Waals surface area contributed by atoms with Crippen molar-refractivity contribution < 1.29 is 25.2 Å². The van der Waals surface area contributed by atoms with E-state index in [4.69, 9.17) is 9.84 Å². The summed E-state index contributed by atoms with van der Waals surface area (Å²) < 4.78 is 5.37. The van der Waals surface area contributed by atoms with Crippen LogP contribution in [0.15, 0.2) is 24.3 Å². The lowest BCUT2D eigenvalue weighted by molar-refractivity contribution is -0.221. The molecule has 0 spiro atoms. The fourth-order valence-electron chi connectivity index (χ4n) is 2.11. The molecule has 1 aliphatic heterocycles. The molecule has 5 unspecified atom stereocenters. The highest BCUT2D eigenvalue weighted by Crippen LogP contribution is 2.24. The number of anilines is 1. The van der Waals surface area contributed by atoms with Crippen molar-refractivity contribution in [2.24, 2.45) is 0 Å². The molecule has 1 aliphatic rings. The average molecular weight is 269 g/mol. The number of benzene rings is 1. The summed E-state index contributed by atoms with van der Waals surface area (Å²) in [4.78, 5) is 0. The maximum Gasteiger partial charge on any atom is 0.157 e. The molecule has 0 radical (unpaired) electrons. The lowest BCUT2D eigenvalue weighted by atomic mass is 9.98. The Morgan fingerprint density at radius 1 is 1.11 bits per heavy atom. The van der Waals surface area contributed by atoms with Crippen molar-refractivity contribution in [1.82, 2.24) is 0 Å². The molecule has 1 saturated heterocycles. The minimum Gasteiger partial charge on any atom is -0.394 e. The minimum absolute atomic E-state index is 0.434. The van der Waals surface area contributed by atoms with E-state index in [9.17, 15) is 15.3 Å². The van der Waals surface area contributed by atoms with Crippen LogP contribution in [0.25, 0.3) is 0 Å². The van der Waals surface area contributed by atoms with Gasteiger partial charge in [-0.2, -0.15) is 0 Å². The number of aliphatic hydroxyl groups excluding tert-OH is 4. The summed E-state index contributed by atoms with van der Waals surface area (Å²) in [6.45, 7) is 1.46. The summed E-state index contributed by atoms with van der Waals surface area (Å²) in [5, 5.41) is 41.3. The van der Waals surface area contributed by atoms with E-state index in [2.05, 4.69) is 5.32 Å². The van der Waals surface area contributed by atoms with Gasteiger partial charge in [-0.05, 0) is 18.6 Å². The van der Waals surface area contributed by atoms with Gasteiger partial charge in [0.15, 0.2) is 6.23 Å². The predicted molar refractivity (Wildman–Crippen MR) is 68.6 cm³/mol. The van der Waals surface area contributed by atoms with Crippen molar-refractivity contribution in [3.8, 4) is 0 Å². The zero-order valence-electron chi connectivity index (χ0n) is 10.6. The zero-order valence-corrected chi connectivity index (χ0v) is 10.6. The number of hydrogen-bond donors (Lipinski definition) is 5. The summed E-state index contributed by atoms with van der Waals surface area (Å²) in [6, 6.07) is 7.43. The molecular weight excluding hydrogens is 250 g/mol. The van der Waals surface area contributed by atoms with Crippen LogP contribution >= 0.6 is 0 Å². The van der Waals surface area contributed by atoms with Gasteiger partial charge in [0.1, 0.15) is 24.4 Å². The van der Waals surface area contributed by atoms with Gasteiger partial charge in [0, 0.05) is 5.69 Å². The molecule has 2 rings (SSSR count). The van der Waals surface area contributed by atoms with Gasteiger partial charge in [0.25, 0.3) is 0 Å². The van der Waals surface area contributed by atoms with E-state index in [1.165, 1.54) is 0 Å². The highest BCUT2D eigenvalue weighted by molar-refractivity contribution is 5.50. The molecule has 5 N–H and O–H groups in total. The second-order valence-corrected chi connectivity index (χ2v) is 4.71. The summed E-state index contributed by atoms with van der Waals surface area (Å²) in [5.41, 5.74) is 1.71. The number of ether oxygens (including phenoxy) is 1. The normalized spacial score (nSPS) is 35.1. The Kier molecular flexibility index (Phi) is 4.38.